The summed E-state index contributed by atoms with van der Waals surface area (Å²) in [5.74, 6) is 0.178. The first-order valence-corrected chi connectivity index (χ1v) is 9.63. The van der Waals surface area contributed by atoms with Crippen molar-refractivity contribution in [3.05, 3.63) is 34.8 Å². The Labute approximate surface area is 155 Å². The Kier molecular flexibility index (Phi) is 3.51. The van der Waals surface area contributed by atoms with E-state index in [1.807, 2.05) is 0 Å². The fraction of sp³-hybridized carbons (Fsp3) is 0.636. The summed E-state index contributed by atoms with van der Waals surface area (Å²) in [4.78, 5) is 11.9. The number of ketones is 1. The first kappa shape index (κ1) is 17.4. The Morgan fingerprint density at radius 3 is 2.62 bits per heavy atom. The normalized spacial score (nSPS) is 41.0. The maximum atomic E-state index is 11.9. The van der Waals surface area contributed by atoms with Crippen LogP contribution in [0.5, 0.6) is 0 Å². The second-order valence-corrected chi connectivity index (χ2v) is 9.63. The number of aliphatic hydroxyl groups excluding tert-OH is 1. The number of nitrogens with zero attached hydrogens (tertiary/aromatic N) is 1. The molecule has 1 N–H and O–H groups in total. The number of ether oxygens (including phenoxy) is 1. The molecule has 0 aromatic carbocycles. The van der Waals surface area contributed by atoms with Gasteiger partial charge in [-0.1, -0.05) is 27.2 Å². The van der Waals surface area contributed by atoms with Gasteiger partial charge in [0, 0.05) is 23.1 Å². The first-order chi connectivity index (χ1) is 12.1. The summed E-state index contributed by atoms with van der Waals surface area (Å²) in [6, 6.07) is 2.44. The third-order valence-corrected chi connectivity index (χ3v) is 7.58. The SMILES string of the molecule is CC1(C)CCCC2(C)C1CCC1(C)OC3=CC(=O)C(O)=CC3=C(C#N)C12. The van der Waals surface area contributed by atoms with E-state index in [2.05, 4.69) is 33.8 Å². The monoisotopic (exact) mass is 353 g/mol. The highest BCUT2D eigenvalue weighted by Gasteiger charge is 2.62. The molecule has 138 valence electrons. The van der Waals surface area contributed by atoms with Gasteiger partial charge in [-0.05, 0) is 55.4 Å². The summed E-state index contributed by atoms with van der Waals surface area (Å²) in [7, 11) is 0. The van der Waals surface area contributed by atoms with Crippen molar-refractivity contribution < 1.29 is 14.6 Å². The minimum atomic E-state index is -0.486. The van der Waals surface area contributed by atoms with E-state index in [-0.39, 0.29) is 22.5 Å². The zero-order valence-electron chi connectivity index (χ0n) is 16.1. The lowest BCUT2D eigenvalue weighted by Crippen LogP contribution is -2.60. The molecular weight excluding hydrogens is 326 g/mol. The molecule has 3 aliphatic carbocycles. The molecule has 2 saturated carbocycles. The summed E-state index contributed by atoms with van der Waals surface area (Å²) in [6.07, 6.45) is 8.17. The predicted octanol–water partition coefficient (Wildman–Crippen LogP) is 4.75. The van der Waals surface area contributed by atoms with Gasteiger partial charge in [0.1, 0.15) is 11.4 Å². The highest BCUT2D eigenvalue weighted by Crippen LogP contribution is 2.66. The van der Waals surface area contributed by atoms with Crippen LogP contribution in [-0.2, 0) is 9.53 Å². The van der Waals surface area contributed by atoms with Gasteiger partial charge in [-0.3, -0.25) is 4.79 Å². The Bertz CT molecular complexity index is 825. The lowest BCUT2D eigenvalue weighted by molar-refractivity contribution is -0.165. The van der Waals surface area contributed by atoms with Crippen LogP contribution >= 0.6 is 0 Å². The molecule has 0 aromatic heterocycles. The topological polar surface area (TPSA) is 70.3 Å². The second-order valence-electron chi connectivity index (χ2n) is 9.63. The van der Waals surface area contributed by atoms with E-state index in [0.717, 1.165) is 25.7 Å². The predicted molar refractivity (Wildman–Crippen MR) is 97.9 cm³/mol. The van der Waals surface area contributed by atoms with Crippen molar-refractivity contribution in [1.29, 1.82) is 5.26 Å². The minimum Gasteiger partial charge on any atom is -0.504 e. The molecule has 1 heterocycles. The molecule has 0 aromatic rings. The van der Waals surface area contributed by atoms with E-state index in [9.17, 15) is 15.2 Å². The standard InChI is InChI=1S/C22H27NO3/c1-20(2)7-5-8-21(3)18(20)6-9-22(4)19(21)14(12-23)13-10-15(24)16(25)11-17(13)26-22/h10-11,18-19,24H,5-9H2,1-4H3. The van der Waals surface area contributed by atoms with Crippen molar-refractivity contribution in [3.63, 3.8) is 0 Å². The first-order valence-electron chi connectivity index (χ1n) is 9.63. The van der Waals surface area contributed by atoms with Gasteiger partial charge in [-0.15, -0.1) is 0 Å². The summed E-state index contributed by atoms with van der Waals surface area (Å²) >= 11 is 0. The summed E-state index contributed by atoms with van der Waals surface area (Å²) in [5, 5.41) is 20.0. The smallest absolute Gasteiger partial charge is 0.223 e. The van der Waals surface area contributed by atoms with E-state index < -0.39 is 11.4 Å². The van der Waals surface area contributed by atoms with Crippen LogP contribution in [-0.4, -0.2) is 16.5 Å². The molecule has 0 spiro atoms. The van der Waals surface area contributed by atoms with E-state index in [1.54, 1.807) is 0 Å². The van der Waals surface area contributed by atoms with E-state index in [4.69, 9.17) is 4.74 Å². The van der Waals surface area contributed by atoms with Gasteiger partial charge in [0.25, 0.3) is 0 Å². The summed E-state index contributed by atoms with van der Waals surface area (Å²) in [5.41, 5.74) is 1.01. The van der Waals surface area contributed by atoms with Crippen molar-refractivity contribution in [2.45, 2.75) is 65.4 Å². The highest BCUT2D eigenvalue weighted by atomic mass is 16.5. The lowest BCUT2D eigenvalue weighted by Gasteiger charge is -2.63. The van der Waals surface area contributed by atoms with Gasteiger partial charge in [-0.25, -0.2) is 0 Å². The zero-order chi connectivity index (χ0) is 18.9. The van der Waals surface area contributed by atoms with Gasteiger partial charge < -0.3 is 9.84 Å². The Morgan fingerprint density at radius 1 is 1.19 bits per heavy atom. The number of allylic oxidation sites excluding steroid dienone is 2. The molecule has 0 amide bonds. The van der Waals surface area contributed by atoms with Gasteiger partial charge in [0.15, 0.2) is 5.76 Å². The van der Waals surface area contributed by atoms with Gasteiger partial charge in [0.05, 0.1) is 6.07 Å². The maximum Gasteiger partial charge on any atom is 0.223 e. The van der Waals surface area contributed by atoms with Gasteiger partial charge in [0.2, 0.25) is 5.78 Å². The third kappa shape index (κ3) is 2.16. The van der Waals surface area contributed by atoms with Crippen molar-refractivity contribution in [1.82, 2.24) is 0 Å². The Balaban J connectivity index is 1.93. The second kappa shape index (κ2) is 5.25. The molecule has 4 nitrogen and oxygen atoms in total. The molecule has 0 saturated heterocycles. The number of fused-ring (bicyclic) bond motifs is 4. The van der Waals surface area contributed by atoms with Crippen molar-refractivity contribution >= 4 is 5.78 Å². The van der Waals surface area contributed by atoms with E-state index in [0.29, 0.717) is 22.8 Å². The van der Waals surface area contributed by atoms with E-state index >= 15 is 0 Å². The molecule has 4 unspecified atom stereocenters. The third-order valence-electron chi connectivity index (χ3n) is 7.58. The quantitative estimate of drug-likeness (QED) is 0.682. The molecule has 4 rings (SSSR count). The highest BCUT2D eigenvalue weighted by molar-refractivity contribution is 6.05. The van der Waals surface area contributed by atoms with Gasteiger partial charge in [-0.2, -0.15) is 5.26 Å². The molecule has 4 atom stereocenters. The van der Waals surface area contributed by atoms with Crippen LogP contribution in [0, 0.1) is 34.0 Å². The summed E-state index contributed by atoms with van der Waals surface area (Å²) < 4.78 is 6.39. The number of hydrogen-bond donors (Lipinski definition) is 1. The average molecular weight is 353 g/mol. The van der Waals surface area contributed by atoms with Crippen LogP contribution in [0.1, 0.15) is 59.8 Å². The van der Waals surface area contributed by atoms with Gasteiger partial charge >= 0.3 is 0 Å². The number of aliphatic hydroxyl groups is 1. The fourth-order valence-corrected chi connectivity index (χ4v) is 6.63. The number of carbonyl (C=O) groups excluding carboxylic acids is 1. The summed E-state index contributed by atoms with van der Waals surface area (Å²) in [6.45, 7) is 9.14. The molecule has 2 fully saturated rings. The number of carbonyl (C=O) groups is 1. The molecule has 1 aliphatic heterocycles. The maximum absolute atomic E-state index is 11.9. The van der Waals surface area contributed by atoms with Crippen LogP contribution in [0.3, 0.4) is 0 Å². The Morgan fingerprint density at radius 2 is 1.92 bits per heavy atom. The average Bonchev–Trinajstić information content (AvgIpc) is 2.53. The molecular formula is C22H27NO3. The van der Waals surface area contributed by atoms with E-state index in [1.165, 1.54) is 18.6 Å². The largest absolute Gasteiger partial charge is 0.504 e. The van der Waals surface area contributed by atoms with Crippen molar-refractivity contribution in [3.8, 4) is 6.07 Å². The number of rotatable bonds is 0. The number of nitriles is 1. The zero-order valence-corrected chi connectivity index (χ0v) is 16.1. The Hall–Kier alpha value is -2.02. The van der Waals surface area contributed by atoms with Crippen LogP contribution in [0.2, 0.25) is 0 Å². The molecule has 26 heavy (non-hydrogen) atoms. The molecule has 4 aliphatic rings. The van der Waals surface area contributed by atoms with Crippen LogP contribution in [0.25, 0.3) is 0 Å². The van der Waals surface area contributed by atoms with Crippen LogP contribution in [0.4, 0.5) is 0 Å². The molecule has 4 heteroatoms. The fourth-order valence-electron chi connectivity index (χ4n) is 6.63. The number of hydrogen-bond acceptors (Lipinski definition) is 4. The van der Waals surface area contributed by atoms with Crippen LogP contribution in [0.15, 0.2) is 34.8 Å². The van der Waals surface area contributed by atoms with Crippen LogP contribution < -0.4 is 0 Å². The molecule has 0 radical (unpaired) electrons. The van der Waals surface area contributed by atoms with Crippen molar-refractivity contribution in [2.24, 2.45) is 22.7 Å². The lowest BCUT2D eigenvalue weighted by atomic mass is 9.44. The minimum absolute atomic E-state index is 0.0245. The van der Waals surface area contributed by atoms with Crippen molar-refractivity contribution in [2.75, 3.05) is 0 Å². The molecule has 0 bridgehead atoms.